The Kier molecular flexibility index (Phi) is 7.74. The van der Waals surface area contributed by atoms with Gasteiger partial charge in [0, 0.05) is 22.3 Å². The molecule has 0 aliphatic heterocycles. The molecule has 0 nitrogen and oxygen atoms in total. The van der Waals surface area contributed by atoms with E-state index in [2.05, 4.69) is 42.4 Å². The fourth-order valence-corrected chi connectivity index (χ4v) is 3.55. The van der Waals surface area contributed by atoms with Crippen molar-refractivity contribution < 1.29 is 13.2 Å². The van der Waals surface area contributed by atoms with Gasteiger partial charge < -0.3 is 0 Å². The molecule has 0 fully saturated rings. The first-order valence-corrected chi connectivity index (χ1v) is 11.5. The molecule has 0 N–H and O–H groups in total. The number of hydrogen-bond donors (Lipinski definition) is 0. The lowest BCUT2D eigenvalue weighted by molar-refractivity contribution is -0.137. The molecule has 0 heterocycles. The van der Waals surface area contributed by atoms with E-state index >= 15 is 0 Å². The molecule has 0 atom stereocenters. The Bertz CT molecular complexity index is 1430. The van der Waals surface area contributed by atoms with Gasteiger partial charge in [0.15, 0.2) is 0 Å². The van der Waals surface area contributed by atoms with E-state index in [1.807, 2.05) is 66.7 Å². The predicted octanol–water partition coefficient (Wildman–Crippen LogP) is 8.29. The second-order valence-corrected chi connectivity index (χ2v) is 8.25. The molecule has 0 saturated heterocycles. The average molecular weight is 477 g/mol. The second-order valence-electron chi connectivity index (χ2n) is 8.25. The summed E-state index contributed by atoms with van der Waals surface area (Å²) in [4.78, 5) is 0. The predicted molar refractivity (Wildman–Crippen MR) is 140 cm³/mol. The van der Waals surface area contributed by atoms with Gasteiger partial charge in [0.25, 0.3) is 0 Å². The van der Waals surface area contributed by atoms with Gasteiger partial charge in [-0.3, -0.25) is 0 Å². The summed E-state index contributed by atoms with van der Waals surface area (Å²) in [7, 11) is 0. The highest BCUT2D eigenvalue weighted by Crippen LogP contribution is 2.29. The molecular weight excluding hydrogens is 453 g/mol. The molecule has 0 amide bonds. The minimum absolute atomic E-state index is 0.535. The van der Waals surface area contributed by atoms with Gasteiger partial charge in [0.05, 0.1) is 5.56 Å². The zero-order valence-corrected chi connectivity index (χ0v) is 19.6. The van der Waals surface area contributed by atoms with Gasteiger partial charge in [-0.15, -0.1) is 6.58 Å². The van der Waals surface area contributed by atoms with Crippen molar-refractivity contribution in [3.8, 4) is 34.8 Å². The average Bonchev–Trinajstić information content (AvgIpc) is 2.90. The first-order chi connectivity index (χ1) is 17.4. The van der Waals surface area contributed by atoms with Crippen molar-refractivity contribution in [3.05, 3.63) is 143 Å². The molecule has 0 aliphatic carbocycles. The molecule has 36 heavy (non-hydrogen) atoms. The van der Waals surface area contributed by atoms with Crippen LogP contribution in [-0.2, 0) is 12.6 Å². The molecule has 0 aromatic heterocycles. The van der Waals surface area contributed by atoms with Crippen LogP contribution in [0.3, 0.4) is 0 Å². The standard InChI is InChI=1S/C33H23F3/c1-2-3-4-25-5-7-26(8-6-25)9-10-27-13-19-30(20-14-27)31-21-15-28(16-22-31)11-12-29-17-23-32(24-18-29)33(34,35)36/h2,5-8,13-24H,1,3-4H2. The number of halogens is 3. The van der Waals surface area contributed by atoms with Gasteiger partial charge in [-0.2, -0.15) is 13.2 Å². The quantitative estimate of drug-likeness (QED) is 0.205. The topological polar surface area (TPSA) is 0 Å². The van der Waals surface area contributed by atoms with Crippen molar-refractivity contribution >= 4 is 0 Å². The first kappa shape index (κ1) is 24.6. The summed E-state index contributed by atoms with van der Waals surface area (Å²) in [6, 6.07) is 29.0. The van der Waals surface area contributed by atoms with E-state index in [0.717, 1.165) is 52.8 Å². The number of benzene rings is 4. The van der Waals surface area contributed by atoms with Crippen molar-refractivity contribution in [2.45, 2.75) is 19.0 Å². The van der Waals surface area contributed by atoms with Gasteiger partial charge in [-0.05, 0) is 90.2 Å². The summed E-state index contributed by atoms with van der Waals surface area (Å²) in [5.41, 5.74) is 5.95. The number of alkyl halides is 3. The molecule has 0 bridgehead atoms. The highest BCUT2D eigenvalue weighted by Gasteiger charge is 2.29. The Morgan fingerprint density at radius 2 is 0.917 bits per heavy atom. The van der Waals surface area contributed by atoms with E-state index in [1.165, 1.54) is 17.7 Å². The van der Waals surface area contributed by atoms with Crippen LogP contribution in [0, 0.1) is 23.7 Å². The normalized spacial score (nSPS) is 10.5. The molecule has 3 heteroatoms. The number of rotatable bonds is 4. The Balaban J connectivity index is 1.39. The summed E-state index contributed by atoms with van der Waals surface area (Å²) in [6.07, 6.45) is -0.460. The van der Waals surface area contributed by atoms with Gasteiger partial charge in [0.1, 0.15) is 0 Å². The molecule has 0 spiro atoms. The molecule has 4 aromatic rings. The Hall–Kier alpha value is -4.47. The number of hydrogen-bond acceptors (Lipinski definition) is 0. The Labute approximate surface area is 210 Å². The van der Waals surface area contributed by atoms with Crippen LogP contribution in [0.2, 0.25) is 0 Å². The van der Waals surface area contributed by atoms with Crippen LogP contribution in [0.4, 0.5) is 13.2 Å². The molecular formula is C33H23F3. The molecule has 4 aromatic carbocycles. The lowest BCUT2D eigenvalue weighted by Crippen LogP contribution is -2.04. The lowest BCUT2D eigenvalue weighted by atomic mass is 10.0. The summed E-state index contributed by atoms with van der Waals surface area (Å²) in [6.45, 7) is 3.76. The van der Waals surface area contributed by atoms with Crippen LogP contribution in [0.25, 0.3) is 11.1 Å². The Morgan fingerprint density at radius 1 is 0.556 bits per heavy atom. The van der Waals surface area contributed by atoms with E-state index in [1.54, 1.807) is 0 Å². The summed E-state index contributed by atoms with van der Waals surface area (Å²) in [5.74, 6) is 12.3. The first-order valence-electron chi connectivity index (χ1n) is 11.5. The molecule has 176 valence electrons. The Morgan fingerprint density at radius 3 is 1.28 bits per heavy atom. The second kappa shape index (κ2) is 11.3. The van der Waals surface area contributed by atoms with E-state index in [4.69, 9.17) is 0 Å². The van der Waals surface area contributed by atoms with Gasteiger partial charge in [-0.25, -0.2) is 0 Å². The summed E-state index contributed by atoms with van der Waals surface area (Å²) >= 11 is 0. The summed E-state index contributed by atoms with van der Waals surface area (Å²) < 4.78 is 38.0. The minimum atomic E-state index is -4.34. The van der Waals surface area contributed by atoms with E-state index in [-0.39, 0.29) is 0 Å². The van der Waals surface area contributed by atoms with Crippen LogP contribution in [0.1, 0.15) is 39.8 Å². The van der Waals surface area contributed by atoms with Crippen LogP contribution in [0.5, 0.6) is 0 Å². The van der Waals surface area contributed by atoms with Crippen molar-refractivity contribution in [2.24, 2.45) is 0 Å². The SMILES string of the molecule is C=CCCc1ccc(C#Cc2ccc(-c3ccc(C#Cc4ccc(C(F)(F)F)cc4)cc3)cc2)cc1. The number of aryl methyl sites for hydroxylation is 1. The maximum Gasteiger partial charge on any atom is 0.416 e. The van der Waals surface area contributed by atoms with Crippen LogP contribution in [0.15, 0.2) is 110 Å². The van der Waals surface area contributed by atoms with Gasteiger partial charge >= 0.3 is 6.18 Å². The number of allylic oxidation sites excluding steroid dienone is 1. The van der Waals surface area contributed by atoms with Gasteiger partial charge in [-0.1, -0.05) is 66.2 Å². The van der Waals surface area contributed by atoms with Crippen molar-refractivity contribution in [2.75, 3.05) is 0 Å². The van der Waals surface area contributed by atoms with E-state index in [0.29, 0.717) is 5.56 Å². The van der Waals surface area contributed by atoms with Crippen LogP contribution >= 0.6 is 0 Å². The molecule has 0 aliphatic rings. The molecule has 0 saturated carbocycles. The maximum absolute atomic E-state index is 12.7. The highest BCUT2D eigenvalue weighted by atomic mass is 19.4. The fraction of sp³-hybridized carbons (Fsp3) is 0.0909. The third-order valence-electron chi connectivity index (χ3n) is 5.61. The highest BCUT2D eigenvalue weighted by molar-refractivity contribution is 5.65. The fourth-order valence-electron chi connectivity index (χ4n) is 3.55. The third kappa shape index (κ3) is 6.78. The monoisotopic (exact) mass is 476 g/mol. The zero-order valence-electron chi connectivity index (χ0n) is 19.6. The summed E-state index contributed by atoms with van der Waals surface area (Å²) in [5, 5.41) is 0. The van der Waals surface area contributed by atoms with Crippen LogP contribution < -0.4 is 0 Å². The van der Waals surface area contributed by atoms with Crippen molar-refractivity contribution in [1.29, 1.82) is 0 Å². The van der Waals surface area contributed by atoms with Crippen molar-refractivity contribution in [1.82, 2.24) is 0 Å². The maximum atomic E-state index is 12.7. The largest absolute Gasteiger partial charge is 0.416 e. The zero-order chi connectivity index (χ0) is 25.4. The molecule has 4 rings (SSSR count). The molecule has 0 radical (unpaired) electrons. The smallest absolute Gasteiger partial charge is 0.166 e. The van der Waals surface area contributed by atoms with Crippen molar-refractivity contribution in [3.63, 3.8) is 0 Å². The minimum Gasteiger partial charge on any atom is -0.166 e. The molecule has 0 unspecified atom stereocenters. The van der Waals surface area contributed by atoms with E-state index in [9.17, 15) is 13.2 Å². The van der Waals surface area contributed by atoms with Crippen LogP contribution in [-0.4, -0.2) is 0 Å². The third-order valence-corrected chi connectivity index (χ3v) is 5.61. The van der Waals surface area contributed by atoms with Gasteiger partial charge in [0.2, 0.25) is 0 Å². The van der Waals surface area contributed by atoms with E-state index < -0.39 is 11.7 Å². The lowest BCUT2D eigenvalue weighted by Gasteiger charge is -2.05.